The number of hydrogen-bond donors (Lipinski definition) is 0. The maximum absolute atomic E-state index is 14.4. The van der Waals surface area contributed by atoms with Crippen LogP contribution in [0.4, 0.5) is 8.78 Å². The standard InChI is InChI=1S/C15H11F2NO/c1-10-6-2-3-7-11(10)15(16,17)14-18-12-8-4-5-9-13(12)19-14/h2-9H,1H3. The Morgan fingerprint density at radius 3 is 2.42 bits per heavy atom. The summed E-state index contributed by atoms with van der Waals surface area (Å²) in [7, 11) is 0. The molecule has 0 aliphatic heterocycles. The number of aromatic nitrogens is 1. The van der Waals surface area contributed by atoms with Crippen LogP contribution in [0.3, 0.4) is 0 Å². The summed E-state index contributed by atoms with van der Waals surface area (Å²) >= 11 is 0. The van der Waals surface area contributed by atoms with Crippen LogP contribution >= 0.6 is 0 Å². The molecule has 1 aromatic heterocycles. The van der Waals surface area contributed by atoms with Crippen molar-refractivity contribution in [1.82, 2.24) is 4.98 Å². The summed E-state index contributed by atoms with van der Waals surface area (Å²) in [5.41, 5.74) is 1.23. The van der Waals surface area contributed by atoms with Crippen molar-refractivity contribution in [2.75, 3.05) is 0 Å². The van der Waals surface area contributed by atoms with Crippen molar-refractivity contribution in [2.45, 2.75) is 12.8 Å². The van der Waals surface area contributed by atoms with Gasteiger partial charge in [0.1, 0.15) is 5.52 Å². The van der Waals surface area contributed by atoms with Crippen LogP contribution in [-0.2, 0) is 5.92 Å². The predicted octanol–water partition coefficient (Wildman–Crippen LogP) is 4.28. The zero-order chi connectivity index (χ0) is 13.5. The van der Waals surface area contributed by atoms with Crippen LogP contribution in [0.5, 0.6) is 0 Å². The molecule has 0 unspecified atom stereocenters. The molecule has 19 heavy (non-hydrogen) atoms. The summed E-state index contributed by atoms with van der Waals surface area (Å²) < 4.78 is 34.0. The van der Waals surface area contributed by atoms with Gasteiger partial charge in [-0.2, -0.15) is 8.78 Å². The zero-order valence-electron chi connectivity index (χ0n) is 10.2. The number of halogens is 2. The minimum Gasteiger partial charge on any atom is -0.435 e. The molecular weight excluding hydrogens is 248 g/mol. The SMILES string of the molecule is Cc1ccccc1C(F)(F)c1nc2ccccc2o1. The number of oxazole rings is 1. The second-order valence-corrected chi connectivity index (χ2v) is 4.38. The third kappa shape index (κ3) is 1.89. The summed E-state index contributed by atoms with van der Waals surface area (Å²) in [4.78, 5) is 3.89. The van der Waals surface area contributed by atoms with E-state index >= 15 is 0 Å². The lowest BCUT2D eigenvalue weighted by Crippen LogP contribution is -2.17. The van der Waals surface area contributed by atoms with Gasteiger partial charge in [0, 0.05) is 5.56 Å². The van der Waals surface area contributed by atoms with Crippen LogP contribution in [0.25, 0.3) is 11.1 Å². The number of hydrogen-bond acceptors (Lipinski definition) is 2. The van der Waals surface area contributed by atoms with Gasteiger partial charge in [0.15, 0.2) is 5.58 Å². The van der Waals surface area contributed by atoms with E-state index in [1.807, 2.05) is 0 Å². The Labute approximate surface area is 108 Å². The van der Waals surface area contributed by atoms with E-state index in [2.05, 4.69) is 4.98 Å². The molecule has 4 heteroatoms. The number of aryl methyl sites for hydroxylation is 1. The molecule has 3 aromatic rings. The monoisotopic (exact) mass is 259 g/mol. The van der Waals surface area contributed by atoms with Crippen molar-refractivity contribution in [2.24, 2.45) is 0 Å². The average molecular weight is 259 g/mol. The number of para-hydroxylation sites is 2. The Morgan fingerprint density at radius 2 is 1.68 bits per heavy atom. The summed E-state index contributed by atoms with van der Waals surface area (Å²) in [6.07, 6.45) is 0. The highest BCUT2D eigenvalue weighted by Crippen LogP contribution is 2.37. The highest BCUT2D eigenvalue weighted by atomic mass is 19.3. The molecule has 0 radical (unpaired) electrons. The van der Waals surface area contributed by atoms with Gasteiger partial charge in [0.2, 0.25) is 0 Å². The average Bonchev–Trinajstić information content (AvgIpc) is 2.83. The van der Waals surface area contributed by atoms with Crippen LogP contribution in [0.1, 0.15) is 17.0 Å². The topological polar surface area (TPSA) is 26.0 Å². The summed E-state index contributed by atoms with van der Waals surface area (Å²) in [5, 5.41) is 0. The molecule has 0 aliphatic carbocycles. The lowest BCUT2D eigenvalue weighted by molar-refractivity contribution is 0.0142. The van der Waals surface area contributed by atoms with Crippen LogP contribution in [0.2, 0.25) is 0 Å². The molecule has 96 valence electrons. The number of benzene rings is 2. The van der Waals surface area contributed by atoms with E-state index in [1.165, 1.54) is 6.07 Å². The predicted molar refractivity (Wildman–Crippen MR) is 68.2 cm³/mol. The minimum atomic E-state index is -3.23. The first-order chi connectivity index (χ1) is 9.09. The smallest absolute Gasteiger partial charge is 0.347 e. The maximum Gasteiger partial charge on any atom is 0.347 e. The molecule has 0 amide bonds. The van der Waals surface area contributed by atoms with Gasteiger partial charge in [-0.3, -0.25) is 0 Å². The summed E-state index contributed by atoms with van der Waals surface area (Å²) in [5.74, 6) is -3.80. The zero-order valence-corrected chi connectivity index (χ0v) is 10.2. The van der Waals surface area contributed by atoms with E-state index in [-0.39, 0.29) is 5.56 Å². The highest BCUT2D eigenvalue weighted by Gasteiger charge is 2.40. The molecule has 0 saturated carbocycles. The van der Waals surface area contributed by atoms with Gasteiger partial charge in [-0.05, 0) is 24.6 Å². The summed E-state index contributed by atoms with van der Waals surface area (Å²) in [6.45, 7) is 1.64. The van der Waals surface area contributed by atoms with E-state index < -0.39 is 11.8 Å². The van der Waals surface area contributed by atoms with E-state index in [4.69, 9.17) is 4.42 Å². The van der Waals surface area contributed by atoms with Crippen molar-refractivity contribution in [1.29, 1.82) is 0 Å². The van der Waals surface area contributed by atoms with E-state index in [1.54, 1.807) is 49.4 Å². The van der Waals surface area contributed by atoms with E-state index in [0.29, 0.717) is 16.7 Å². The molecule has 0 N–H and O–H groups in total. The molecule has 0 fully saturated rings. The van der Waals surface area contributed by atoms with Gasteiger partial charge >= 0.3 is 5.92 Å². The molecular formula is C15H11F2NO. The van der Waals surface area contributed by atoms with Crippen molar-refractivity contribution in [3.8, 4) is 0 Å². The fourth-order valence-electron chi connectivity index (χ4n) is 2.05. The lowest BCUT2D eigenvalue weighted by atomic mass is 10.0. The first kappa shape index (κ1) is 11.8. The summed E-state index contributed by atoms with van der Waals surface area (Å²) in [6, 6.07) is 13.1. The molecule has 0 aliphatic rings. The second-order valence-electron chi connectivity index (χ2n) is 4.38. The first-order valence-corrected chi connectivity index (χ1v) is 5.89. The Kier molecular flexibility index (Phi) is 2.59. The van der Waals surface area contributed by atoms with Crippen molar-refractivity contribution in [3.05, 3.63) is 65.5 Å². The third-order valence-corrected chi connectivity index (χ3v) is 3.05. The van der Waals surface area contributed by atoms with Crippen molar-refractivity contribution < 1.29 is 13.2 Å². The fraction of sp³-hybridized carbons (Fsp3) is 0.133. The maximum atomic E-state index is 14.4. The van der Waals surface area contributed by atoms with Crippen LogP contribution < -0.4 is 0 Å². The molecule has 1 heterocycles. The molecule has 2 aromatic carbocycles. The van der Waals surface area contributed by atoms with E-state index in [0.717, 1.165) is 0 Å². The van der Waals surface area contributed by atoms with Crippen LogP contribution in [-0.4, -0.2) is 4.98 Å². The normalized spacial score (nSPS) is 11.9. The van der Waals surface area contributed by atoms with Crippen molar-refractivity contribution >= 4 is 11.1 Å². The fourth-order valence-corrected chi connectivity index (χ4v) is 2.05. The Bertz CT molecular complexity index is 701. The lowest BCUT2D eigenvalue weighted by Gasteiger charge is -2.14. The van der Waals surface area contributed by atoms with Gasteiger partial charge in [0.05, 0.1) is 0 Å². The van der Waals surface area contributed by atoms with Gasteiger partial charge in [-0.1, -0.05) is 36.4 Å². The minimum absolute atomic E-state index is 0.0819. The van der Waals surface area contributed by atoms with Gasteiger partial charge in [-0.15, -0.1) is 0 Å². The van der Waals surface area contributed by atoms with Crippen LogP contribution in [0.15, 0.2) is 52.9 Å². The molecule has 0 spiro atoms. The largest absolute Gasteiger partial charge is 0.435 e. The van der Waals surface area contributed by atoms with E-state index in [9.17, 15) is 8.78 Å². The number of alkyl halides is 2. The Balaban J connectivity index is 2.16. The quantitative estimate of drug-likeness (QED) is 0.686. The van der Waals surface area contributed by atoms with Crippen molar-refractivity contribution in [3.63, 3.8) is 0 Å². The number of rotatable bonds is 2. The molecule has 3 rings (SSSR count). The number of fused-ring (bicyclic) bond motifs is 1. The van der Waals surface area contributed by atoms with Gasteiger partial charge < -0.3 is 4.42 Å². The first-order valence-electron chi connectivity index (χ1n) is 5.89. The molecule has 0 saturated heterocycles. The number of nitrogens with zero attached hydrogens (tertiary/aromatic N) is 1. The Morgan fingerprint density at radius 1 is 1.00 bits per heavy atom. The third-order valence-electron chi connectivity index (χ3n) is 3.05. The molecule has 0 bridgehead atoms. The second kappa shape index (κ2) is 4.16. The molecule has 0 atom stereocenters. The van der Waals surface area contributed by atoms with Crippen LogP contribution in [0, 0.1) is 6.92 Å². The Hall–Kier alpha value is -2.23. The highest BCUT2D eigenvalue weighted by molar-refractivity contribution is 5.72. The molecule has 2 nitrogen and oxygen atoms in total. The van der Waals surface area contributed by atoms with Gasteiger partial charge in [-0.25, -0.2) is 4.98 Å². The van der Waals surface area contributed by atoms with Gasteiger partial charge in [0.25, 0.3) is 5.89 Å².